The fourth-order valence-corrected chi connectivity index (χ4v) is 1.55. The average molecular weight is 179 g/mol. The summed E-state index contributed by atoms with van der Waals surface area (Å²) in [5, 5.41) is 17.8. The lowest BCUT2D eigenvalue weighted by Gasteiger charge is -2.23. The third kappa shape index (κ3) is 1.72. The number of rotatable bonds is 2. The molecule has 0 heterocycles. The Hall–Kier alpha value is -1.30. The molecule has 0 amide bonds. The summed E-state index contributed by atoms with van der Waals surface area (Å²) in [6.07, 6.45) is 5.65. The molecule has 1 rings (SSSR count). The van der Waals surface area contributed by atoms with E-state index >= 15 is 0 Å². The van der Waals surface area contributed by atoms with Crippen molar-refractivity contribution >= 4 is 5.97 Å². The second-order valence-electron chi connectivity index (χ2n) is 3.52. The van der Waals surface area contributed by atoms with Crippen molar-refractivity contribution in [2.75, 3.05) is 0 Å². The number of allylic oxidation sites excluding steroid dienone is 1. The lowest BCUT2D eigenvalue weighted by molar-refractivity contribution is -0.143. The summed E-state index contributed by atoms with van der Waals surface area (Å²) in [6.45, 7) is 1.48. The van der Waals surface area contributed by atoms with Crippen molar-refractivity contribution in [1.29, 1.82) is 5.26 Å². The molecule has 0 fully saturated rings. The van der Waals surface area contributed by atoms with Crippen molar-refractivity contribution in [3.05, 3.63) is 11.6 Å². The predicted molar refractivity (Wildman–Crippen MR) is 47.9 cm³/mol. The minimum atomic E-state index is -1.31. The highest BCUT2D eigenvalue weighted by molar-refractivity contribution is 5.81. The molecule has 3 nitrogen and oxygen atoms in total. The number of nitriles is 1. The molecule has 1 atom stereocenters. The van der Waals surface area contributed by atoms with Crippen LogP contribution in [-0.4, -0.2) is 11.1 Å². The third-order valence-corrected chi connectivity index (χ3v) is 2.58. The number of carboxylic acid groups (broad SMARTS) is 1. The average Bonchev–Trinajstić information content (AvgIpc) is 2.17. The smallest absolute Gasteiger partial charge is 0.328 e. The fraction of sp³-hybridized carbons (Fsp3) is 0.600. The lowest BCUT2D eigenvalue weighted by Crippen LogP contribution is -2.28. The molecule has 0 saturated carbocycles. The molecule has 1 unspecified atom stereocenters. The summed E-state index contributed by atoms with van der Waals surface area (Å²) in [4.78, 5) is 10.9. The Balaban J connectivity index is 2.95. The second kappa shape index (κ2) is 3.61. The number of nitrogens with zero attached hydrogens (tertiary/aromatic N) is 1. The minimum Gasteiger partial charge on any atom is -0.480 e. The van der Waals surface area contributed by atoms with Crippen molar-refractivity contribution in [3.63, 3.8) is 0 Å². The van der Waals surface area contributed by atoms with Gasteiger partial charge in [-0.25, -0.2) is 0 Å². The third-order valence-electron chi connectivity index (χ3n) is 2.58. The summed E-state index contributed by atoms with van der Waals surface area (Å²) in [5.41, 5.74) is -0.533. The summed E-state index contributed by atoms with van der Waals surface area (Å²) in [7, 11) is 0. The van der Waals surface area contributed by atoms with Crippen LogP contribution in [0.25, 0.3) is 0 Å². The van der Waals surface area contributed by atoms with Gasteiger partial charge < -0.3 is 5.11 Å². The molecule has 0 spiro atoms. The van der Waals surface area contributed by atoms with E-state index < -0.39 is 11.4 Å². The first-order valence-electron chi connectivity index (χ1n) is 4.45. The van der Waals surface area contributed by atoms with Crippen LogP contribution in [0.1, 0.15) is 32.6 Å². The predicted octanol–water partition coefficient (Wildman–Crippen LogP) is 2.10. The van der Waals surface area contributed by atoms with Gasteiger partial charge in [-0.05, 0) is 38.2 Å². The Morgan fingerprint density at radius 1 is 1.69 bits per heavy atom. The maximum absolute atomic E-state index is 10.9. The zero-order valence-electron chi connectivity index (χ0n) is 7.71. The second-order valence-corrected chi connectivity index (χ2v) is 3.52. The zero-order chi connectivity index (χ0) is 9.90. The molecule has 0 aromatic heterocycles. The van der Waals surface area contributed by atoms with Crippen LogP contribution in [-0.2, 0) is 4.79 Å². The van der Waals surface area contributed by atoms with Crippen LogP contribution < -0.4 is 0 Å². The highest BCUT2D eigenvalue weighted by Crippen LogP contribution is 2.33. The molecule has 1 aliphatic rings. The highest BCUT2D eigenvalue weighted by Gasteiger charge is 2.37. The Kier molecular flexibility index (Phi) is 2.72. The van der Waals surface area contributed by atoms with Gasteiger partial charge in [-0.3, -0.25) is 4.79 Å². The van der Waals surface area contributed by atoms with Crippen LogP contribution in [0.3, 0.4) is 0 Å². The molecule has 0 bridgehead atoms. The van der Waals surface area contributed by atoms with Gasteiger partial charge in [0.1, 0.15) is 0 Å². The van der Waals surface area contributed by atoms with Gasteiger partial charge in [0, 0.05) is 0 Å². The van der Waals surface area contributed by atoms with Crippen LogP contribution in [0.15, 0.2) is 11.6 Å². The summed E-state index contributed by atoms with van der Waals surface area (Å²) >= 11 is 0. The normalized spacial score (nSPS) is 21.1. The Morgan fingerprint density at radius 2 is 2.38 bits per heavy atom. The maximum Gasteiger partial charge on any atom is 0.328 e. The number of carboxylic acids is 1. The molecular weight excluding hydrogens is 166 g/mol. The molecule has 1 aliphatic carbocycles. The Morgan fingerprint density at radius 3 is 2.77 bits per heavy atom. The fourth-order valence-electron chi connectivity index (χ4n) is 1.55. The van der Waals surface area contributed by atoms with Gasteiger partial charge in [0.2, 0.25) is 0 Å². The molecule has 0 aromatic carbocycles. The summed E-state index contributed by atoms with van der Waals surface area (Å²) in [5.74, 6) is -1.04. The lowest BCUT2D eigenvalue weighted by atomic mass is 9.78. The molecule has 0 aliphatic heterocycles. The van der Waals surface area contributed by atoms with Crippen LogP contribution in [0.5, 0.6) is 0 Å². The Labute approximate surface area is 77.7 Å². The monoisotopic (exact) mass is 179 g/mol. The van der Waals surface area contributed by atoms with E-state index in [1.54, 1.807) is 0 Å². The van der Waals surface area contributed by atoms with E-state index in [9.17, 15) is 4.79 Å². The van der Waals surface area contributed by atoms with Crippen LogP contribution in [0, 0.1) is 16.7 Å². The van der Waals surface area contributed by atoms with Gasteiger partial charge in [0.15, 0.2) is 5.41 Å². The first-order valence-corrected chi connectivity index (χ1v) is 4.45. The van der Waals surface area contributed by atoms with E-state index in [1.807, 2.05) is 12.1 Å². The SMILES string of the molecule is CC(C#N)(C(=O)O)C1=CCCCC1. The van der Waals surface area contributed by atoms with Gasteiger partial charge in [0.05, 0.1) is 6.07 Å². The van der Waals surface area contributed by atoms with Crippen molar-refractivity contribution in [3.8, 4) is 6.07 Å². The first-order chi connectivity index (χ1) is 6.11. The summed E-state index contributed by atoms with van der Waals surface area (Å²) < 4.78 is 0. The van der Waals surface area contributed by atoms with Gasteiger partial charge in [-0.15, -0.1) is 0 Å². The molecule has 0 saturated heterocycles. The first kappa shape index (κ1) is 9.79. The van der Waals surface area contributed by atoms with Crippen molar-refractivity contribution in [1.82, 2.24) is 0 Å². The van der Waals surface area contributed by atoms with E-state index in [0.717, 1.165) is 31.3 Å². The van der Waals surface area contributed by atoms with Crippen molar-refractivity contribution in [2.45, 2.75) is 32.6 Å². The Bertz CT molecular complexity index is 288. The molecule has 70 valence electrons. The standard InChI is InChI=1S/C10H13NO2/c1-10(7-11,9(12)13)8-5-3-2-4-6-8/h5H,2-4,6H2,1H3,(H,12,13). The minimum absolute atomic E-state index is 0.746. The van der Waals surface area contributed by atoms with E-state index in [0.29, 0.717) is 0 Å². The molecule has 0 aromatic rings. The number of aliphatic carboxylic acids is 1. The van der Waals surface area contributed by atoms with Crippen molar-refractivity contribution < 1.29 is 9.90 Å². The molecular formula is C10H13NO2. The largest absolute Gasteiger partial charge is 0.480 e. The zero-order valence-corrected chi connectivity index (χ0v) is 7.71. The number of hydrogen-bond donors (Lipinski definition) is 1. The number of carbonyl (C=O) groups is 1. The van der Waals surface area contributed by atoms with E-state index in [4.69, 9.17) is 10.4 Å². The quantitative estimate of drug-likeness (QED) is 0.660. The highest BCUT2D eigenvalue weighted by atomic mass is 16.4. The number of hydrogen-bond acceptors (Lipinski definition) is 2. The topological polar surface area (TPSA) is 61.1 Å². The molecule has 1 N–H and O–H groups in total. The molecule has 3 heteroatoms. The van der Waals surface area contributed by atoms with Gasteiger partial charge in [-0.1, -0.05) is 6.08 Å². The van der Waals surface area contributed by atoms with Gasteiger partial charge in [0.25, 0.3) is 0 Å². The summed E-state index contributed by atoms with van der Waals surface area (Å²) in [6, 6.07) is 1.88. The van der Waals surface area contributed by atoms with Gasteiger partial charge in [-0.2, -0.15) is 5.26 Å². The van der Waals surface area contributed by atoms with Crippen LogP contribution >= 0.6 is 0 Å². The van der Waals surface area contributed by atoms with Crippen LogP contribution in [0.4, 0.5) is 0 Å². The van der Waals surface area contributed by atoms with E-state index in [-0.39, 0.29) is 0 Å². The molecule has 13 heavy (non-hydrogen) atoms. The molecule has 0 radical (unpaired) electrons. The maximum atomic E-state index is 10.9. The van der Waals surface area contributed by atoms with Crippen molar-refractivity contribution in [2.24, 2.45) is 5.41 Å². The van der Waals surface area contributed by atoms with Gasteiger partial charge >= 0.3 is 5.97 Å². The van der Waals surface area contributed by atoms with Crippen LogP contribution in [0.2, 0.25) is 0 Å². The van der Waals surface area contributed by atoms with E-state index in [1.165, 1.54) is 6.92 Å². The van der Waals surface area contributed by atoms with E-state index in [2.05, 4.69) is 0 Å².